The summed E-state index contributed by atoms with van der Waals surface area (Å²) in [5.41, 5.74) is 1.62. The van der Waals surface area contributed by atoms with Gasteiger partial charge in [0, 0.05) is 30.2 Å². The second kappa shape index (κ2) is 6.21. The van der Waals surface area contributed by atoms with Crippen LogP contribution >= 0.6 is 0 Å². The molecule has 0 saturated carbocycles. The van der Waals surface area contributed by atoms with Gasteiger partial charge in [-0.1, -0.05) is 18.2 Å². The number of urea groups is 1. The Morgan fingerprint density at radius 1 is 1.21 bits per heavy atom. The molecule has 0 radical (unpaired) electrons. The summed E-state index contributed by atoms with van der Waals surface area (Å²) in [6.45, 7) is 0.103. The highest BCUT2D eigenvalue weighted by atomic mass is 16.3. The zero-order valence-corrected chi connectivity index (χ0v) is 10.5. The Kier molecular flexibility index (Phi) is 4.38. The van der Waals surface area contributed by atoms with Crippen LogP contribution in [0.25, 0.3) is 10.9 Å². The monoisotopic (exact) mass is 263 g/mol. The number of aliphatic hydroxyl groups is 2. The molecule has 19 heavy (non-hydrogen) atoms. The average molecular weight is 263 g/mol. The van der Waals surface area contributed by atoms with Crippen LogP contribution in [0, 0.1) is 0 Å². The van der Waals surface area contributed by atoms with E-state index in [2.05, 4.69) is 10.3 Å². The molecular weight excluding hydrogens is 246 g/mol. The minimum atomic E-state index is -0.340. The molecule has 0 aliphatic carbocycles. The molecule has 2 aromatic rings. The lowest BCUT2D eigenvalue weighted by molar-refractivity contribution is 0.168. The summed E-state index contributed by atoms with van der Waals surface area (Å²) in [6, 6.07) is 7.29. The van der Waals surface area contributed by atoms with Crippen molar-refractivity contribution in [3.63, 3.8) is 0 Å². The quantitative estimate of drug-likeness (QED) is 0.648. The number of nitrogens with zero attached hydrogens (tertiary/aromatic N) is 1. The summed E-state index contributed by atoms with van der Waals surface area (Å²) in [6.07, 6.45) is 1.72. The molecule has 1 aromatic heterocycles. The molecule has 1 heterocycles. The standard InChI is InChI=1S/C13H17N3O3/c17-7-5-16(6-8-18)13(19)15-12-9-14-11-4-2-1-3-10(11)12/h1-4,9,14,17-18H,5-8H2,(H,15,19). The SMILES string of the molecule is O=C(Nc1c[nH]c2ccccc12)N(CCO)CCO. The van der Waals surface area contributed by atoms with E-state index in [1.807, 2.05) is 24.3 Å². The van der Waals surface area contributed by atoms with Crippen LogP contribution in [0.4, 0.5) is 10.5 Å². The number of aliphatic hydroxyl groups excluding tert-OH is 2. The first kappa shape index (κ1) is 13.4. The molecule has 0 bridgehead atoms. The second-order valence-corrected chi connectivity index (χ2v) is 4.11. The van der Waals surface area contributed by atoms with Gasteiger partial charge in [-0.2, -0.15) is 0 Å². The fourth-order valence-corrected chi connectivity index (χ4v) is 1.93. The van der Waals surface area contributed by atoms with E-state index < -0.39 is 0 Å². The van der Waals surface area contributed by atoms with Crippen molar-refractivity contribution in [1.82, 2.24) is 9.88 Å². The van der Waals surface area contributed by atoms with E-state index in [4.69, 9.17) is 10.2 Å². The molecule has 102 valence electrons. The maximum atomic E-state index is 12.0. The van der Waals surface area contributed by atoms with Gasteiger partial charge in [-0.25, -0.2) is 4.79 Å². The van der Waals surface area contributed by atoms with Gasteiger partial charge in [-0.05, 0) is 6.07 Å². The molecule has 0 atom stereocenters. The first-order valence-electron chi connectivity index (χ1n) is 6.10. The van der Waals surface area contributed by atoms with Crippen molar-refractivity contribution in [2.45, 2.75) is 0 Å². The van der Waals surface area contributed by atoms with Crippen molar-refractivity contribution in [2.75, 3.05) is 31.6 Å². The number of hydrogen-bond acceptors (Lipinski definition) is 3. The van der Waals surface area contributed by atoms with Crippen molar-refractivity contribution < 1.29 is 15.0 Å². The molecule has 6 heteroatoms. The lowest BCUT2D eigenvalue weighted by Crippen LogP contribution is -2.38. The Morgan fingerprint density at radius 2 is 1.89 bits per heavy atom. The van der Waals surface area contributed by atoms with Gasteiger partial charge in [0.15, 0.2) is 0 Å². The summed E-state index contributed by atoms with van der Waals surface area (Å²) in [4.78, 5) is 16.4. The third-order valence-corrected chi connectivity index (χ3v) is 2.86. The van der Waals surface area contributed by atoms with E-state index in [0.29, 0.717) is 5.69 Å². The predicted molar refractivity (Wildman–Crippen MR) is 73.1 cm³/mol. The maximum Gasteiger partial charge on any atom is 0.322 e. The molecule has 0 unspecified atom stereocenters. The number of carbonyl (C=O) groups is 1. The number of fused-ring (bicyclic) bond motifs is 1. The highest BCUT2D eigenvalue weighted by Crippen LogP contribution is 2.22. The number of hydrogen-bond donors (Lipinski definition) is 4. The first-order valence-corrected chi connectivity index (χ1v) is 6.10. The Balaban J connectivity index is 2.13. The molecule has 2 rings (SSSR count). The number of carbonyl (C=O) groups excluding carboxylic acids is 1. The van der Waals surface area contributed by atoms with E-state index in [1.165, 1.54) is 4.90 Å². The molecule has 1 aromatic carbocycles. The van der Waals surface area contributed by atoms with E-state index in [1.54, 1.807) is 6.20 Å². The molecule has 0 spiro atoms. The second-order valence-electron chi connectivity index (χ2n) is 4.11. The molecule has 6 nitrogen and oxygen atoms in total. The lowest BCUT2D eigenvalue weighted by atomic mass is 10.2. The lowest BCUT2D eigenvalue weighted by Gasteiger charge is -2.20. The van der Waals surface area contributed by atoms with Gasteiger partial charge < -0.3 is 25.4 Å². The van der Waals surface area contributed by atoms with Gasteiger partial charge in [0.2, 0.25) is 0 Å². The summed E-state index contributed by atoms with van der Waals surface area (Å²) in [5, 5.41) is 21.5. The Hall–Kier alpha value is -2.05. The molecule has 0 aliphatic rings. The zero-order chi connectivity index (χ0) is 13.7. The zero-order valence-electron chi connectivity index (χ0n) is 10.5. The number of nitrogens with one attached hydrogen (secondary N) is 2. The minimum Gasteiger partial charge on any atom is -0.395 e. The number of para-hydroxylation sites is 1. The molecule has 4 N–H and O–H groups in total. The van der Waals surface area contributed by atoms with Crippen molar-refractivity contribution in [1.29, 1.82) is 0 Å². The largest absolute Gasteiger partial charge is 0.395 e. The first-order chi connectivity index (χ1) is 9.26. The number of anilines is 1. The fraction of sp³-hybridized carbons (Fsp3) is 0.308. The van der Waals surface area contributed by atoms with Crippen LogP contribution in [0.3, 0.4) is 0 Å². The van der Waals surface area contributed by atoms with Crippen LogP contribution in [0.15, 0.2) is 30.5 Å². The van der Waals surface area contributed by atoms with E-state index in [9.17, 15) is 4.79 Å². The van der Waals surface area contributed by atoms with Crippen molar-refractivity contribution in [2.24, 2.45) is 0 Å². The number of aromatic nitrogens is 1. The molecule has 2 amide bonds. The fourth-order valence-electron chi connectivity index (χ4n) is 1.93. The highest BCUT2D eigenvalue weighted by molar-refractivity contribution is 6.00. The average Bonchev–Trinajstić information content (AvgIpc) is 2.82. The van der Waals surface area contributed by atoms with Gasteiger partial charge in [0.25, 0.3) is 0 Å². The van der Waals surface area contributed by atoms with Crippen molar-refractivity contribution in [3.05, 3.63) is 30.5 Å². The normalized spacial score (nSPS) is 10.6. The van der Waals surface area contributed by atoms with Gasteiger partial charge in [-0.3, -0.25) is 0 Å². The number of aromatic amines is 1. The van der Waals surface area contributed by atoms with E-state index in [0.717, 1.165) is 10.9 Å². The summed E-state index contributed by atoms with van der Waals surface area (Å²) in [5.74, 6) is 0. The third kappa shape index (κ3) is 3.04. The van der Waals surface area contributed by atoms with E-state index in [-0.39, 0.29) is 32.3 Å². The number of H-pyrrole nitrogens is 1. The van der Waals surface area contributed by atoms with Gasteiger partial charge in [-0.15, -0.1) is 0 Å². The molecular formula is C13H17N3O3. The minimum absolute atomic E-state index is 0.138. The maximum absolute atomic E-state index is 12.0. The van der Waals surface area contributed by atoms with Crippen LogP contribution in [0.2, 0.25) is 0 Å². The number of benzene rings is 1. The van der Waals surface area contributed by atoms with Gasteiger partial charge in [0.05, 0.1) is 18.9 Å². The summed E-state index contributed by atoms with van der Waals surface area (Å²) < 4.78 is 0. The molecule has 0 fully saturated rings. The highest BCUT2D eigenvalue weighted by Gasteiger charge is 2.14. The molecule has 0 aliphatic heterocycles. The molecule has 0 saturated heterocycles. The third-order valence-electron chi connectivity index (χ3n) is 2.86. The summed E-state index contributed by atoms with van der Waals surface area (Å²) >= 11 is 0. The van der Waals surface area contributed by atoms with Crippen LogP contribution in [0.5, 0.6) is 0 Å². The Bertz CT molecular complexity index is 547. The van der Waals surface area contributed by atoms with Crippen LogP contribution in [-0.4, -0.2) is 52.4 Å². The predicted octanol–water partition coefficient (Wildman–Crippen LogP) is 0.986. The van der Waals surface area contributed by atoms with Crippen LogP contribution in [0.1, 0.15) is 0 Å². The van der Waals surface area contributed by atoms with Crippen molar-refractivity contribution in [3.8, 4) is 0 Å². The Morgan fingerprint density at radius 3 is 2.58 bits per heavy atom. The van der Waals surface area contributed by atoms with E-state index >= 15 is 0 Å². The van der Waals surface area contributed by atoms with Gasteiger partial charge in [0.1, 0.15) is 0 Å². The van der Waals surface area contributed by atoms with Crippen LogP contribution < -0.4 is 5.32 Å². The number of amides is 2. The Labute approximate surface area is 110 Å². The smallest absolute Gasteiger partial charge is 0.322 e. The van der Waals surface area contributed by atoms with Gasteiger partial charge >= 0.3 is 6.03 Å². The van der Waals surface area contributed by atoms with Crippen molar-refractivity contribution >= 4 is 22.6 Å². The topological polar surface area (TPSA) is 88.6 Å². The van der Waals surface area contributed by atoms with Crippen LogP contribution in [-0.2, 0) is 0 Å². The number of rotatable bonds is 5. The summed E-state index contributed by atoms with van der Waals surface area (Å²) in [7, 11) is 0.